The Morgan fingerprint density at radius 3 is 2.29 bits per heavy atom. The first-order chi connectivity index (χ1) is 13.5. The lowest BCUT2D eigenvalue weighted by atomic mass is 10.0. The second-order valence-corrected chi connectivity index (χ2v) is 6.48. The van der Waals surface area contributed by atoms with Gasteiger partial charge in [-0.05, 0) is 12.0 Å². The molecule has 28 heavy (non-hydrogen) atoms. The molecule has 2 atom stereocenters. The number of aromatic nitrogens is 2. The van der Waals surface area contributed by atoms with Crippen LogP contribution in [0.5, 0.6) is 0 Å². The molecule has 144 valence electrons. The minimum Gasteiger partial charge on any atom is -0.479 e. The van der Waals surface area contributed by atoms with Crippen LogP contribution in [0.2, 0.25) is 0 Å². The Bertz CT molecular complexity index is 954. The van der Waals surface area contributed by atoms with Gasteiger partial charge < -0.3 is 15.5 Å². The summed E-state index contributed by atoms with van der Waals surface area (Å²) >= 11 is 0. The number of carboxylic acids is 1. The van der Waals surface area contributed by atoms with Crippen molar-refractivity contribution in [2.75, 3.05) is 0 Å². The topological polar surface area (TPSA) is 104 Å². The molecule has 0 spiro atoms. The Labute approximate surface area is 162 Å². The summed E-state index contributed by atoms with van der Waals surface area (Å²) in [5, 5.41) is 26.3. The minimum atomic E-state index is -1.74. The lowest BCUT2D eigenvalue weighted by Crippen LogP contribution is -2.48. The fourth-order valence-electron chi connectivity index (χ4n) is 2.99. The molecule has 7 heteroatoms. The van der Waals surface area contributed by atoms with Crippen LogP contribution in [-0.2, 0) is 18.3 Å². The standard InChI is InChI=1S/C21H21N3O4/c1-24-13-16(18(23-24)15-10-6-3-7-11-15)20(26)22-17(19(25)21(27)28)12-14-8-4-2-5-9-14/h2-11,13,17,19,25H,12H2,1H3,(H,22,26)(H,27,28). The summed E-state index contributed by atoms with van der Waals surface area (Å²) in [6.07, 6.45) is 0.0201. The number of hydrogen-bond donors (Lipinski definition) is 3. The lowest BCUT2D eigenvalue weighted by Gasteiger charge is -2.21. The van der Waals surface area contributed by atoms with Gasteiger partial charge >= 0.3 is 5.97 Å². The summed E-state index contributed by atoms with van der Waals surface area (Å²) in [5.74, 6) is -1.89. The maximum atomic E-state index is 12.9. The van der Waals surface area contributed by atoms with Crippen molar-refractivity contribution in [3.8, 4) is 11.3 Å². The first-order valence-electron chi connectivity index (χ1n) is 8.80. The Balaban J connectivity index is 1.87. The van der Waals surface area contributed by atoms with E-state index in [1.807, 2.05) is 60.7 Å². The molecule has 0 aliphatic rings. The van der Waals surface area contributed by atoms with E-state index < -0.39 is 24.0 Å². The van der Waals surface area contributed by atoms with Crippen LogP contribution in [-0.4, -0.2) is 44.0 Å². The van der Waals surface area contributed by atoms with Crippen LogP contribution in [0.1, 0.15) is 15.9 Å². The molecule has 0 radical (unpaired) electrons. The van der Waals surface area contributed by atoms with Crippen LogP contribution < -0.4 is 5.32 Å². The maximum absolute atomic E-state index is 12.9. The molecule has 7 nitrogen and oxygen atoms in total. The van der Waals surface area contributed by atoms with Crippen molar-refractivity contribution in [2.45, 2.75) is 18.6 Å². The SMILES string of the molecule is Cn1cc(C(=O)NC(Cc2ccccc2)C(O)C(=O)O)c(-c2ccccc2)n1. The number of aliphatic hydroxyl groups excluding tert-OH is 1. The van der Waals surface area contributed by atoms with Gasteiger partial charge in [-0.2, -0.15) is 5.10 Å². The third kappa shape index (κ3) is 4.44. The third-order valence-electron chi connectivity index (χ3n) is 4.37. The largest absolute Gasteiger partial charge is 0.479 e. The fourth-order valence-corrected chi connectivity index (χ4v) is 2.99. The number of benzene rings is 2. The van der Waals surface area contributed by atoms with E-state index in [-0.39, 0.29) is 6.42 Å². The van der Waals surface area contributed by atoms with Crippen molar-refractivity contribution >= 4 is 11.9 Å². The highest BCUT2D eigenvalue weighted by molar-refractivity contribution is 6.00. The van der Waals surface area contributed by atoms with Gasteiger partial charge in [0.1, 0.15) is 5.69 Å². The van der Waals surface area contributed by atoms with Crippen molar-refractivity contribution in [1.82, 2.24) is 15.1 Å². The predicted octanol–water partition coefficient (Wildman–Crippen LogP) is 1.87. The highest BCUT2D eigenvalue weighted by Crippen LogP contribution is 2.22. The van der Waals surface area contributed by atoms with Crippen molar-refractivity contribution in [1.29, 1.82) is 0 Å². The van der Waals surface area contributed by atoms with E-state index in [2.05, 4.69) is 10.4 Å². The zero-order chi connectivity index (χ0) is 20.1. The molecule has 0 saturated heterocycles. The molecule has 0 saturated carbocycles. The van der Waals surface area contributed by atoms with Gasteiger partial charge in [0.05, 0.1) is 11.6 Å². The van der Waals surface area contributed by atoms with E-state index in [1.165, 1.54) is 4.68 Å². The van der Waals surface area contributed by atoms with Crippen LogP contribution in [0.25, 0.3) is 11.3 Å². The average Bonchev–Trinajstić information content (AvgIpc) is 3.10. The molecule has 2 unspecified atom stereocenters. The van der Waals surface area contributed by atoms with E-state index in [9.17, 15) is 19.8 Å². The number of amides is 1. The number of aliphatic hydroxyl groups is 1. The quantitative estimate of drug-likeness (QED) is 0.581. The number of rotatable bonds is 7. The zero-order valence-corrected chi connectivity index (χ0v) is 15.3. The van der Waals surface area contributed by atoms with E-state index in [0.29, 0.717) is 11.3 Å². The molecule has 3 aromatic rings. The molecule has 3 rings (SSSR count). The van der Waals surface area contributed by atoms with Crippen molar-refractivity contribution in [3.05, 3.63) is 78.0 Å². The van der Waals surface area contributed by atoms with Crippen molar-refractivity contribution in [3.63, 3.8) is 0 Å². The Hall–Kier alpha value is -3.45. The van der Waals surface area contributed by atoms with Gasteiger partial charge in [-0.25, -0.2) is 4.79 Å². The van der Waals surface area contributed by atoms with E-state index in [4.69, 9.17) is 0 Å². The maximum Gasteiger partial charge on any atom is 0.334 e. The van der Waals surface area contributed by atoms with Gasteiger partial charge in [0.2, 0.25) is 0 Å². The number of aryl methyl sites for hydroxylation is 1. The molecule has 1 amide bonds. The fraction of sp³-hybridized carbons (Fsp3) is 0.190. The van der Waals surface area contributed by atoms with E-state index in [1.54, 1.807) is 13.2 Å². The van der Waals surface area contributed by atoms with Gasteiger partial charge in [0.25, 0.3) is 5.91 Å². The van der Waals surface area contributed by atoms with Gasteiger partial charge in [0, 0.05) is 18.8 Å². The van der Waals surface area contributed by atoms with Gasteiger partial charge in [-0.1, -0.05) is 60.7 Å². The van der Waals surface area contributed by atoms with Crippen LogP contribution in [0.3, 0.4) is 0 Å². The highest BCUT2D eigenvalue weighted by atomic mass is 16.4. The van der Waals surface area contributed by atoms with Gasteiger partial charge in [0.15, 0.2) is 6.10 Å². The van der Waals surface area contributed by atoms with Gasteiger partial charge in [-0.15, -0.1) is 0 Å². The zero-order valence-electron chi connectivity index (χ0n) is 15.3. The van der Waals surface area contributed by atoms with E-state index >= 15 is 0 Å². The summed E-state index contributed by atoms with van der Waals surface area (Å²) in [5.41, 5.74) is 2.38. The predicted molar refractivity (Wildman–Crippen MR) is 104 cm³/mol. The highest BCUT2D eigenvalue weighted by Gasteiger charge is 2.29. The second-order valence-electron chi connectivity index (χ2n) is 6.48. The molecule has 3 N–H and O–H groups in total. The van der Waals surface area contributed by atoms with Crippen LogP contribution in [0.15, 0.2) is 66.9 Å². The monoisotopic (exact) mass is 379 g/mol. The first kappa shape index (κ1) is 19.3. The van der Waals surface area contributed by atoms with Crippen molar-refractivity contribution < 1.29 is 19.8 Å². The number of nitrogens with zero attached hydrogens (tertiary/aromatic N) is 2. The number of hydrogen-bond acceptors (Lipinski definition) is 4. The average molecular weight is 379 g/mol. The summed E-state index contributed by atoms with van der Waals surface area (Å²) in [4.78, 5) is 24.2. The van der Waals surface area contributed by atoms with Gasteiger partial charge in [-0.3, -0.25) is 9.48 Å². The van der Waals surface area contributed by atoms with E-state index in [0.717, 1.165) is 11.1 Å². The number of carbonyl (C=O) groups excluding carboxylic acids is 1. The molecular weight excluding hydrogens is 358 g/mol. The summed E-state index contributed by atoms with van der Waals surface area (Å²) < 4.78 is 1.52. The number of carbonyl (C=O) groups is 2. The number of aliphatic carboxylic acids is 1. The Morgan fingerprint density at radius 1 is 1.07 bits per heavy atom. The first-order valence-corrected chi connectivity index (χ1v) is 8.80. The number of nitrogens with one attached hydrogen (secondary N) is 1. The summed E-state index contributed by atoms with van der Waals surface area (Å²) in [6, 6.07) is 17.3. The lowest BCUT2D eigenvalue weighted by molar-refractivity contribution is -0.148. The Kier molecular flexibility index (Phi) is 5.86. The van der Waals surface area contributed by atoms with Crippen molar-refractivity contribution in [2.24, 2.45) is 7.05 Å². The molecule has 0 fully saturated rings. The Morgan fingerprint density at radius 2 is 1.68 bits per heavy atom. The smallest absolute Gasteiger partial charge is 0.334 e. The van der Waals surface area contributed by atoms with Crippen LogP contribution >= 0.6 is 0 Å². The molecule has 0 bridgehead atoms. The summed E-state index contributed by atoms with van der Waals surface area (Å²) in [6.45, 7) is 0. The second kappa shape index (κ2) is 8.49. The molecule has 1 aromatic heterocycles. The molecule has 2 aromatic carbocycles. The normalized spacial score (nSPS) is 12.9. The van der Waals surface area contributed by atoms with Crippen LogP contribution in [0, 0.1) is 0 Å². The third-order valence-corrected chi connectivity index (χ3v) is 4.37. The number of carboxylic acid groups (broad SMARTS) is 1. The minimum absolute atomic E-state index is 0.182. The van der Waals surface area contributed by atoms with Crippen LogP contribution in [0.4, 0.5) is 0 Å². The molecule has 1 heterocycles. The molecule has 0 aliphatic carbocycles. The summed E-state index contributed by atoms with van der Waals surface area (Å²) in [7, 11) is 1.71. The molecular formula is C21H21N3O4. The molecule has 0 aliphatic heterocycles.